The molecule has 1 heterocycles. The lowest BCUT2D eigenvalue weighted by molar-refractivity contribution is 0.0673. The van der Waals surface area contributed by atoms with Crippen LogP contribution in [0.4, 0.5) is 0 Å². The fourth-order valence-electron chi connectivity index (χ4n) is 3.54. The lowest BCUT2D eigenvalue weighted by Gasteiger charge is -2.39. The van der Waals surface area contributed by atoms with Crippen molar-refractivity contribution in [1.82, 2.24) is 10.2 Å². The Hall–Kier alpha value is -0.160. The number of rotatable bonds is 9. The summed E-state index contributed by atoms with van der Waals surface area (Å²) in [6.07, 6.45) is 5.65. The average molecular weight is 298 g/mol. The molecule has 4 heteroatoms. The molecule has 1 aliphatic carbocycles. The van der Waals surface area contributed by atoms with E-state index < -0.39 is 0 Å². The van der Waals surface area contributed by atoms with E-state index >= 15 is 0 Å². The second kappa shape index (κ2) is 8.47. The first kappa shape index (κ1) is 17.2. The SMILES string of the molecule is CC(C)CCNC1CC(CC(O)C2CC2)CN(CCO)C1. The van der Waals surface area contributed by atoms with Gasteiger partial charge in [-0.3, -0.25) is 4.90 Å². The second-order valence-corrected chi connectivity index (χ2v) is 7.56. The fraction of sp³-hybridized carbons (Fsp3) is 1.00. The van der Waals surface area contributed by atoms with Crippen molar-refractivity contribution in [2.45, 2.75) is 58.1 Å². The Labute approximate surface area is 129 Å². The summed E-state index contributed by atoms with van der Waals surface area (Å²) in [5, 5.41) is 23.1. The van der Waals surface area contributed by atoms with Gasteiger partial charge in [-0.25, -0.2) is 0 Å². The van der Waals surface area contributed by atoms with E-state index in [1.54, 1.807) is 0 Å². The summed E-state index contributed by atoms with van der Waals surface area (Å²) >= 11 is 0. The van der Waals surface area contributed by atoms with E-state index in [2.05, 4.69) is 24.1 Å². The van der Waals surface area contributed by atoms with Crippen LogP contribution < -0.4 is 5.32 Å². The Kier molecular flexibility index (Phi) is 6.93. The highest BCUT2D eigenvalue weighted by atomic mass is 16.3. The first-order valence-electron chi connectivity index (χ1n) is 8.83. The first-order valence-corrected chi connectivity index (χ1v) is 8.83. The normalized spacial score (nSPS) is 29.0. The van der Waals surface area contributed by atoms with Crippen LogP contribution >= 0.6 is 0 Å². The molecule has 0 radical (unpaired) electrons. The lowest BCUT2D eigenvalue weighted by atomic mass is 9.88. The Morgan fingerprint density at radius 1 is 1.24 bits per heavy atom. The van der Waals surface area contributed by atoms with Crippen LogP contribution in [-0.2, 0) is 0 Å². The molecule has 0 bridgehead atoms. The summed E-state index contributed by atoms with van der Waals surface area (Å²) in [5.41, 5.74) is 0. The van der Waals surface area contributed by atoms with Gasteiger partial charge in [-0.15, -0.1) is 0 Å². The maximum absolute atomic E-state index is 10.2. The maximum Gasteiger partial charge on any atom is 0.0571 e. The van der Waals surface area contributed by atoms with Crippen LogP contribution in [0.25, 0.3) is 0 Å². The van der Waals surface area contributed by atoms with E-state index in [-0.39, 0.29) is 12.7 Å². The molecule has 21 heavy (non-hydrogen) atoms. The second-order valence-electron chi connectivity index (χ2n) is 7.56. The summed E-state index contributed by atoms with van der Waals surface area (Å²) in [7, 11) is 0. The molecule has 2 aliphatic rings. The molecule has 4 nitrogen and oxygen atoms in total. The molecule has 3 unspecified atom stereocenters. The van der Waals surface area contributed by atoms with Crippen LogP contribution in [0.2, 0.25) is 0 Å². The number of likely N-dealkylation sites (tertiary alicyclic amines) is 1. The van der Waals surface area contributed by atoms with Gasteiger partial charge in [0.25, 0.3) is 0 Å². The fourth-order valence-corrected chi connectivity index (χ4v) is 3.54. The summed E-state index contributed by atoms with van der Waals surface area (Å²) in [4.78, 5) is 2.36. The van der Waals surface area contributed by atoms with Crippen molar-refractivity contribution < 1.29 is 10.2 Å². The maximum atomic E-state index is 10.2. The van der Waals surface area contributed by atoms with E-state index in [1.165, 1.54) is 25.7 Å². The van der Waals surface area contributed by atoms with Crippen molar-refractivity contribution in [2.24, 2.45) is 17.8 Å². The molecular formula is C17H34N2O2. The minimum absolute atomic E-state index is 0.0969. The summed E-state index contributed by atoms with van der Waals surface area (Å²) in [6.45, 7) is 8.66. The van der Waals surface area contributed by atoms with Gasteiger partial charge in [-0.1, -0.05) is 13.8 Å². The Balaban J connectivity index is 1.78. The third-order valence-electron chi connectivity index (χ3n) is 4.92. The third-order valence-corrected chi connectivity index (χ3v) is 4.92. The van der Waals surface area contributed by atoms with Crippen molar-refractivity contribution in [3.63, 3.8) is 0 Å². The van der Waals surface area contributed by atoms with E-state index in [4.69, 9.17) is 0 Å². The van der Waals surface area contributed by atoms with Crippen LogP contribution in [0.3, 0.4) is 0 Å². The molecular weight excluding hydrogens is 264 g/mol. The number of β-amino-alcohol motifs (C(OH)–C–C–N with tert-alkyl or cyclic N) is 1. The van der Waals surface area contributed by atoms with Gasteiger partial charge in [0.2, 0.25) is 0 Å². The van der Waals surface area contributed by atoms with Gasteiger partial charge in [-0.2, -0.15) is 0 Å². The van der Waals surface area contributed by atoms with Gasteiger partial charge in [0.15, 0.2) is 0 Å². The molecule has 0 amide bonds. The lowest BCUT2D eigenvalue weighted by Crippen LogP contribution is -2.50. The van der Waals surface area contributed by atoms with Crippen LogP contribution in [0.5, 0.6) is 0 Å². The summed E-state index contributed by atoms with van der Waals surface area (Å²) < 4.78 is 0. The highest BCUT2D eigenvalue weighted by molar-refractivity contribution is 4.88. The molecule has 3 atom stereocenters. The number of hydrogen-bond acceptors (Lipinski definition) is 4. The van der Waals surface area contributed by atoms with Crippen molar-refractivity contribution in [3.8, 4) is 0 Å². The number of hydrogen-bond donors (Lipinski definition) is 3. The zero-order valence-electron chi connectivity index (χ0n) is 13.8. The average Bonchev–Trinajstić information content (AvgIpc) is 3.22. The number of piperidine rings is 1. The molecule has 0 aromatic rings. The summed E-state index contributed by atoms with van der Waals surface area (Å²) in [6, 6.07) is 0.514. The van der Waals surface area contributed by atoms with Crippen molar-refractivity contribution in [3.05, 3.63) is 0 Å². The van der Waals surface area contributed by atoms with Crippen LogP contribution in [-0.4, -0.2) is 60.0 Å². The number of aliphatic hydroxyl groups excluding tert-OH is 2. The van der Waals surface area contributed by atoms with E-state index in [9.17, 15) is 10.2 Å². The van der Waals surface area contributed by atoms with Gasteiger partial charge < -0.3 is 15.5 Å². The van der Waals surface area contributed by atoms with E-state index in [1.807, 2.05) is 0 Å². The standard InChI is InChI=1S/C17H34N2O2/c1-13(2)5-6-18-16-9-14(10-17(21)15-3-4-15)11-19(12-16)7-8-20/h13-18,20-21H,3-12H2,1-2H3. The number of nitrogens with zero attached hydrogens (tertiary/aromatic N) is 1. The molecule has 0 spiro atoms. The predicted molar refractivity (Wildman–Crippen MR) is 86.2 cm³/mol. The largest absolute Gasteiger partial charge is 0.395 e. The van der Waals surface area contributed by atoms with Gasteiger partial charge >= 0.3 is 0 Å². The summed E-state index contributed by atoms with van der Waals surface area (Å²) in [5.74, 6) is 1.88. The smallest absolute Gasteiger partial charge is 0.0571 e. The van der Waals surface area contributed by atoms with Crippen molar-refractivity contribution in [2.75, 3.05) is 32.8 Å². The molecule has 0 aromatic carbocycles. The molecule has 1 saturated heterocycles. The zero-order valence-corrected chi connectivity index (χ0v) is 13.8. The molecule has 1 aliphatic heterocycles. The van der Waals surface area contributed by atoms with Gasteiger partial charge in [0.05, 0.1) is 12.7 Å². The molecule has 2 fully saturated rings. The predicted octanol–water partition coefficient (Wildman–Crippen LogP) is 1.47. The monoisotopic (exact) mass is 298 g/mol. The molecule has 1 saturated carbocycles. The Bertz CT molecular complexity index is 295. The highest BCUT2D eigenvalue weighted by Gasteiger charge is 2.34. The number of nitrogens with one attached hydrogen (secondary N) is 1. The molecule has 3 N–H and O–H groups in total. The van der Waals surface area contributed by atoms with Crippen LogP contribution in [0.15, 0.2) is 0 Å². The quantitative estimate of drug-likeness (QED) is 0.603. The Morgan fingerprint density at radius 2 is 2.00 bits per heavy atom. The highest BCUT2D eigenvalue weighted by Crippen LogP contribution is 2.36. The van der Waals surface area contributed by atoms with Crippen LogP contribution in [0, 0.1) is 17.8 Å². The van der Waals surface area contributed by atoms with Gasteiger partial charge in [-0.05, 0) is 56.4 Å². The zero-order chi connectivity index (χ0) is 15.2. The van der Waals surface area contributed by atoms with Crippen molar-refractivity contribution in [1.29, 1.82) is 0 Å². The minimum atomic E-state index is -0.0969. The van der Waals surface area contributed by atoms with Crippen LogP contribution in [0.1, 0.15) is 46.0 Å². The van der Waals surface area contributed by atoms with Gasteiger partial charge in [0.1, 0.15) is 0 Å². The molecule has 0 aromatic heterocycles. The number of aliphatic hydroxyl groups is 2. The van der Waals surface area contributed by atoms with Crippen molar-refractivity contribution >= 4 is 0 Å². The molecule has 124 valence electrons. The van der Waals surface area contributed by atoms with Gasteiger partial charge in [0, 0.05) is 25.7 Å². The minimum Gasteiger partial charge on any atom is -0.395 e. The first-order chi connectivity index (χ1) is 10.1. The van der Waals surface area contributed by atoms with E-state index in [0.29, 0.717) is 17.9 Å². The Morgan fingerprint density at radius 3 is 2.62 bits per heavy atom. The topological polar surface area (TPSA) is 55.7 Å². The van der Waals surface area contributed by atoms with E-state index in [0.717, 1.165) is 38.5 Å². The molecule has 2 rings (SSSR count). The third kappa shape index (κ3) is 6.23.